The van der Waals surface area contributed by atoms with E-state index < -0.39 is 18.2 Å². The van der Waals surface area contributed by atoms with Gasteiger partial charge in [-0.1, -0.05) is 24.6 Å². The van der Waals surface area contributed by atoms with E-state index in [9.17, 15) is 17.6 Å². The maximum atomic E-state index is 15.0. The third kappa shape index (κ3) is 5.19. The normalized spacial score (nSPS) is 25.4. The number of hydrogen-bond donors (Lipinski definition) is 0. The van der Waals surface area contributed by atoms with Crippen LogP contribution in [0.4, 0.5) is 17.6 Å². The first kappa shape index (κ1) is 22.9. The van der Waals surface area contributed by atoms with E-state index in [2.05, 4.69) is 11.3 Å². The molecule has 2 saturated carbocycles. The van der Waals surface area contributed by atoms with Crippen molar-refractivity contribution in [2.75, 3.05) is 0 Å². The van der Waals surface area contributed by atoms with E-state index in [0.717, 1.165) is 43.1 Å². The van der Waals surface area contributed by atoms with Gasteiger partial charge in [0.1, 0.15) is 17.4 Å². The van der Waals surface area contributed by atoms with Gasteiger partial charge in [0.15, 0.2) is 0 Å². The van der Waals surface area contributed by atoms with Crippen molar-refractivity contribution in [1.82, 2.24) is 0 Å². The second-order valence-electron chi connectivity index (χ2n) is 9.34. The molecule has 0 N–H and O–H groups in total. The first-order chi connectivity index (χ1) is 15.4. The zero-order valence-corrected chi connectivity index (χ0v) is 18.2. The molecule has 2 fully saturated rings. The van der Waals surface area contributed by atoms with Gasteiger partial charge < -0.3 is 4.74 Å². The van der Waals surface area contributed by atoms with Crippen molar-refractivity contribution in [3.05, 3.63) is 66.3 Å². The molecule has 0 spiro atoms. The number of benzene rings is 2. The Morgan fingerprint density at radius 2 is 1.59 bits per heavy atom. The fourth-order valence-electron chi connectivity index (χ4n) is 5.81. The van der Waals surface area contributed by atoms with Crippen LogP contribution in [-0.4, -0.2) is 6.61 Å². The summed E-state index contributed by atoms with van der Waals surface area (Å²) >= 11 is 0. The fourth-order valence-corrected chi connectivity index (χ4v) is 5.81. The smallest absolute Gasteiger partial charge is 0.387 e. The van der Waals surface area contributed by atoms with Crippen LogP contribution in [0.25, 0.3) is 11.1 Å². The SMILES string of the molecule is C=CCCC1CCC2CC(c3cc(F)c(-c4ccc(OC(F)F)cc4)c(F)c3)CCC2C1. The Bertz CT molecular complexity index is 901. The Morgan fingerprint density at radius 1 is 0.938 bits per heavy atom. The lowest BCUT2D eigenvalue weighted by molar-refractivity contribution is -0.0498. The highest BCUT2D eigenvalue weighted by Gasteiger charge is 2.36. The van der Waals surface area contributed by atoms with E-state index in [-0.39, 0.29) is 17.2 Å². The van der Waals surface area contributed by atoms with Crippen LogP contribution in [-0.2, 0) is 0 Å². The summed E-state index contributed by atoms with van der Waals surface area (Å²) in [6.45, 7) is 0.891. The molecule has 4 atom stereocenters. The lowest BCUT2D eigenvalue weighted by atomic mass is 9.63. The number of rotatable bonds is 7. The molecule has 0 aromatic heterocycles. The van der Waals surface area contributed by atoms with Crippen LogP contribution in [0.15, 0.2) is 49.1 Å². The van der Waals surface area contributed by atoms with Gasteiger partial charge in [0.25, 0.3) is 0 Å². The highest BCUT2D eigenvalue weighted by molar-refractivity contribution is 5.66. The molecule has 0 heterocycles. The molecule has 5 heteroatoms. The van der Waals surface area contributed by atoms with Gasteiger partial charge in [-0.25, -0.2) is 8.78 Å². The zero-order valence-electron chi connectivity index (χ0n) is 18.2. The average molecular weight is 447 g/mol. The van der Waals surface area contributed by atoms with Crippen molar-refractivity contribution in [1.29, 1.82) is 0 Å². The van der Waals surface area contributed by atoms with Gasteiger partial charge in [-0.15, -0.1) is 6.58 Å². The minimum Gasteiger partial charge on any atom is -0.435 e. The van der Waals surface area contributed by atoms with E-state index in [1.165, 1.54) is 62.1 Å². The third-order valence-corrected chi connectivity index (χ3v) is 7.40. The van der Waals surface area contributed by atoms with E-state index in [1.54, 1.807) is 0 Å². The molecular weight excluding hydrogens is 416 g/mol. The molecule has 0 radical (unpaired) electrons. The number of halogens is 4. The minimum absolute atomic E-state index is 0.0443. The van der Waals surface area contributed by atoms with E-state index in [0.29, 0.717) is 11.5 Å². The summed E-state index contributed by atoms with van der Waals surface area (Å²) < 4.78 is 58.9. The Kier molecular flexibility index (Phi) is 7.22. The topological polar surface area (TPSA) is 9.23 Å². The molecule has 2 aliphatic rings. The predicted molar refractivity (Wildman–Crippen MR) is 119 cm³/mol. The number of hydrogen-bond acceptors (Lipinski definition) is 1. The number of alkyl halides is 2. The van der Waals surface area contributed by atoms with Crippen LogP contribution in [0.2, 0.25) is 0 Å². The quantitative estimate of drug-likeness (QED) is 0.306. The van der Waals surface area contributed by atoms with Gasteiger partial charge in [0.05, 0.1) is 5.56 Å². The van der Waals surface area contributed by atoms with Crippen LogP contribution in [0.3, 0.4) is 0 Å². The summed E-state index contributed by atoms with van der Waals surface area (Å²) in [5.41, 5.74) is 0.900. The molecule has 0 saturated heterocycles. The van der Waals surface area contributed by atoms with Crippen LogP contribution in [0.5, 0.6) is 5.75 Å². The lowest BCUT2D eigenvalue weighted by Crippen LogP contribution is -2.30. The van der Waals surface area contributed by atoms with Crippen molar-refractivity contribution >= 4 is 0 Å². The summed E-state index contributed by atoms with van der Waals surface area (Å²) in [6.07, 6.45) is 11.1. The molecule has 1 nitrogen and oxygen atoms in total. The van der Waals surface area contributed by atoms with Crippen LogP contribution < -0.4 is 4.74 Å². The summed E-state index contributed by atoms with van der Waals surface area (Å²) in [6, 6.07) is 8.30. The van der Waals surface area contributed by atoms with E-state index in [4.69, 9.17) is 0 Å². The van der Waals surface area contributed by atoms with Crippen molar-refractivity contribution < 1.29 is 22.3 Å². The highest BCUT2D eigenvalue weighted by atomic mass is 19.3. The number of allylic oxidation sites excluding steroid dienone is 1. The summed E-state index contributed by atoms with van der Waals surface area (Å²) in [4.78, 5) is 0. The largest absolute Gasteiger partial charge is 0.435 e. The Morgan fingerprint density at radius 3 is 2.25 bits per heavy atom. The second-order valence-corrected chi connectivity index (χ2v) is 9.34. The summed E-state index contributed by atoms with van der Waals surface area (Å²) in [7, 11) is 0. The maximum absolute atomic E-state index is 15.0. The molecule has 32 heavy (non-hydrogen) atoms. The van der Waals surface area contributed by atoms with Crippen molar-refractivity contribution in [2.45, 2.75) is 63.9 Å². The zero-order chi connectivity index (χ0) is 22.7. The number of ether oxygens (including phenoxy) is 1. The van der Waals surface area contributed by atoms with Gasteiger partial charge in [0.2, 0.25) is 0 Å². The Balaban J connectivity index is 1.45. The molecular formula is C27H30F4O. The molecule has 2 aromatic carbocycles. The first-order valence-corrected chi connectivity index (χ1v) is 11.6. The van der Waals surface area contributed by atoms with Gasteiger partial charge >= 0.3 is 6.61 Å². The maximum Gasteiger partial charge on any atom is 0.387 e. The van der Waals surface area contributed by atoms with E-state index in [1.807, 2.05) is 6.08 Å². The van der Waals surface area contributed by atoms with Crippen molar-refractivity contribution in [3.63, 3.8) is 0 Å². The van der Waals surface area contributed by atoms with Gasteiger partial charge in [-0.2, -0.15) is 8.78 Å². The number of fused-ring (bicyclic) bond motifs is 1. The molecule has 0 amide bonds. The van der Waals surface area contributed by atoms with Crippen molar-refractivity contribution in [3.8, 4) is 16.9 Å². The first-order valence-electron chi connectivity index (χ1n) is 11.6. The van der Waals surface area contributed by atoms with Crippen LogP contribution in [0, 0.1) is 29.4 Å². The van der Waals surface area contributed by atoms with Gasteiger partial charge in [-0.05, 0) is 104 Å². The molecule has 4 unspecified atom stereocenters. The Hall–Kier alpha value is -2.30. The van der Waals surface area contributed by atoms with Gasteiger partial charge in [0, 0.05) is 0 Å². The minimum atomic E-state index is -2.94. The van der Waals surface area contributed by atoms with Crippen LogP contribution in [0.1, 0.15) is 62.8 Å². The second kappa shape index (κ2) is 10.1. The molecule has 0 bridgehead atoms. The Labute approximate surface area is 187 Å². The molecule has 0 aliphatic heterocycles. The average Bonchev–Trinajstić information content (AvgIpc) is 2.77. The lowest BCUT2D eigenvalue weighted by Gasteiger charge is -2.42. The van der Waals surface area contributed by atoms with Crippen molar-refractivity contribution in [2.24, 2.45) is 17.8 Å². The molecule has 2 aliphatic carbocycles. The fraction of sp³-hybridized carbons (Fsp3) is 0.481. The summed E-state index contributed by atoms with van der Waals surface area (Å²) in [5, 5.41) is 0. The van der Waals surface area contributed by atoms with Crippen LogP contribution >= 0.6 is 0 Å². The van der Waals surface area contributed by atoms with E-state index >= 15 is 0 Å². The third-order valence-electron chi connectivity index (χ3n) is 7.40. The predicted octanol–water partition coefficient (Wildman–Crippen LogP) is 8.50. The molecule has 2 aromatic rings. The molecule has 4 rings (SSSR count). The molecule has 172 valence electrons. The highest BCUT2D eigenvalue weighted by Crippen LogP contribution is 2.48. The monoisotopic (exact) mass is 446 g/mol. The standard InChI is InChI=1S/C27H30F4O/c1-2-3-4-17-5-6-20-14-21(8-7-19(20)13-17)22-15-24(28)26(25(29)16-22)18-9-11-23(12-10-18)32-27(30)31/h2,9-12,15-17,19-21,27H,1,3-8,13-14H2. The van der Waals surface area contributed by atoms with Gasteiger partial charge in [-0.3, -0.25) is 0 Å². The summed E-state index contributed by atoms with van der Waals surface area (Å²) in [5.74, 6) is 1.07.